The van der Waals surface area contributed by atoms with Crippen LogP contribution in [0.3, 0.4) is 0 Å². The number of carbonyl (C=O) groups excluding carboxylic acids is 1. The number of carbonyl (C=O) groups is 1. The fourth-order valence-corrected chi connectivity index (χ4v) is 4.99. The van der Waals surface area contributed by atoms with Gasteiger partial charge in [0.2, 0.25) is 0 Å². The third-order valence-corrected chi connectivity index (χ3v) is 7.80. The highest BCUT2D eigenvalue weighted by Gasteiger charge is 2.66. The molecule has 39 heavy (non-hydrogen) atoms. The van der Waals surface area contributed by atoms with Crippen molar-refractivity contribution in [2.45, 2.75) is 83.8 Å². The zero-order valence-corrected chi connectivity index (χ0v) is 22.8. The normalized spacial score (nSPS) is 23.1. The number of furan rings is 1. The number of nitrogens with two attached hydrogens (primary N) is 2. The topological polar surface area (TPSA) is 114 Å². The Bertz CT molecular complexity index is 1320. The van der Waals surface area contributed by atoms with Gasteiger partial charge in [-0.15, -0.1) is 0 Å². The van der Waals surface area contributed by atoms with Crippen molar-refractivity contribution in [3.05, 3.63) is 48.8 Å². The minimum Gasteiger partial charge on any atom is -0.489 e. The molecule has 0 bridgehead atoms. The molecular formula is C29H36F3N3O4. The Kier molecular flexibility index (Phi) is 7.50. The van der Waals surface area contributed by atoms with Gasteiger partial charge in [0.15, 0.2) is 0 Å². The second-order valence-electron chi connectivity index (χ2n) is 11.9. The number of pyridine rings is 1. The van der Waals surface area contributed by atoms with E-state index in [1.165, 1.54) is 0 Å². The monoisotopic (exact) mass is 547 g/mol. The van der Waals surface area contributed by atoms with Gasteiger partial charge < -0.3 is 25.4 Å². The van der Waals surface area contributed by atoms with Gasteiger partial charge in [-0.05, 0) is 84.2 Å². The number of fused-ring (bicyclic) bond motifs is 1. The van der Waals surface area contributed by atoms with E-state index in [-0.39, 0.29) is 18.6 Å². The number of rotatable bonds is 8. The van der Waals surface area contributed by atoms with Gasteiger partial charge in [0.05, 0.1) is 5.41 Å². The molecule has 0 amide bonds. The fraction of sp³-hybridized carbons (Fsp3) is 0.517. The van der Waals surface area contributed by atoms with Crippen LogP contribution in [-0.4, -0.2) is 40.9 Å². The van der Waals surface area contributed by atoms with E-state index in [1.807, 2.05) is 12.1 Å². The highest BCUT2D eigenvalue weighted by Crippen LogP contribution is 2.53. The minimum absolute atomic E-state index is 0.00569. The number of aromatic nitrogens is 1. The summed E-state index contributed by atoms with van der Waals surface area (Å²) >= 11 is 0. The number of ether oxygens (including phenoxy) is 2. The van der Waals surface area contributed by atoms with Crippen molar-refractivity contribution < 1.29 is 31.9 Å². The van der Waals surface area contributed by atoms with Crippen LogP contribution in [0, 0.1) is 10.8 Å². The van der Waals surface area contributed by atoms with Gasteiger partial charge in [-0.1, -0.05) is 0 Å². The number of alkyl halides is 3. The smallest absolute Gasteiger partial charge is 0.401 e. The Morgan fingerprint density at radius 1 is 1.15 bits per heavy atom. The first-order chi connectivity index (χ1) is 18.0. The van der Waals surface area contributed by atoms with Crippen LogP contribution in [0.4, 0.5) is 13.2 Å². The average molecular weight is 548 g/mol. The molecule has 2 heterocycles. The first-order valence-corrected chi connectivity index (χ1v) is 13.0. The van der Waals surface area contributed by atoms with Gasteiger partial charge in [0.1, 0.15) is 34.7 Å². The van der Waals surface area contributed by atoms with E-state index in [0.717, 1.165) is 17.9 Å². The van der Waals surface area contributed by atoms with Gasteiger partial charge in [0, 0.05) is 41.0 Å². The van der Waals surface area contributed by atoms with Crippen molar-refractivity contribution in [3.63, 3.8) is 0 Å². The van der Waals surface area contributed by atoms with Gasteiger partial charge in [-0.3, -0.25) is 9.78 Å². The summed E-state index contributed by atoms with van der Waals surface area (Å²) in [4.78, 5) is 17.2. The summed E-state index contributed by atoms with van der Waals surface area (Å²) in [6.45, 7) is 7.72. The minimum atomic E-state index is -4.70. The van der Waals surface area contributed by atoms with Crippen LogP contribution in [0.1, 0.15) is 53.9 Å². The first kappa shape index (κ1) is 28.9. The average Bonchev–Trinajstić information content (AvgIpc) is 3.40. The maximum absolute atomic E-state index is 14.6. The maximum Gasteiger partial charge on any atom is 0.401 e. The Hall–Kier alpha value is -3.11. The molecule has 0 spiro atoms. The zero-order chi connectivity index (χ0) is 28.8. The molecule has 1 aliphatic rings. The van der Waals surface area contributed by atoms with Crippen LogP contribution in [0.2, 0.25) is 0 Å². The molecular weight excluding hydrogens is 511 g/mol. The van der Waals surface area contributed by atoms with Crippen molar-refractivity contribution in [2.24, 2.45) is 22.3 Å². The molecule has 4 N–H and O–H groups in total. The first-order valence-electron chi connectivity index (χ1n) is 13.0. The lowest BCUT2D eigenvalue weighted by Gasteiger charge is -2.40. The molecule has 1 aromatic carbocycles. The number of esters is 1. The molecule has 4 atom stereocenters. The summed E-state index contributed by atoms with van der Waals surface area (Å²) in [6, 6.07) is 9.67. The van der Waals surface area contributed by atoms with Crippen LogP contribution in [0.25, 0.3) is 22.3 Å². The lowest BCUT2D eigenvalue weighted by Crippen LogP contribution is -2.54. The summed E-state index contributed by atoms with van der Waals surface area (Å²) in [6.07, 6.45) is -3.77. The van der Waals surface area contributed by atoms with Gasteiger partial charge >= 0.3 is 12.1 Å². The molecule has 7 nitrogen and oxygen atoms in total. The Morgan fingerprint density at radius 2 is 1.85 bits per heavy atom. The quantitative estimate of drug-likeness (QED) is 0.333. The zero-order valence-electron chi connectivity index (χ0n) is 22.8. The molecule has 0 aliphatic heterocycles. The summed E-state index contributed by atoms with van der Waals surface area (Å²) in [5.41, 5.74) is 9.21. The molecule has 0 radical (unpaired) electrons. The fourth-order valence-electron chi connectivity index (χ4n) is 4.99. The number of nitrogens with zero attached hydrogens (tertiary/aromatic N) is 1. The Morgan fingerprint density at radius 3 is 2.46 bits per heavy atom. The second-order valence-corrected chi connectivity index (χ2v) is 11.9. The molecule has 1 saturated carbocycles. The summed E-state index contributed by atoms with van der Waals surface area (Å²) in [5, 5.41) is 0.775. The van der Waals surface area contributed by atoms with Gasteiger partial charge in [0.25, 0.3) is 0 Å². The number of hydrogen-bond acceptors (Lipinski definition) is 7. The summed E-state index contributed by atoms with van der Waals surface area (Å²) in [5.74, 6) is 0.0250. The van der Waals surface area contributed by atoms with E-state index in [1.54, 1.807) is 64.4 Å². The molecule has 4 rings (SSSR count). The van der Waals surface area contributed by atoms with E-state index in [9.17, 15) is 18.0 Å². The third-order valence-electron chi connectivity index (χ3n) is 7.80. The van der Waals surface area contributed by atoms with Crippen molar-refractivity contribution in [1.82, 2.24) is 4.98 Å². The Labute approximate surface area is 226 Å². The lowest BCUT2D eigenvalue weighted by atomic mass is 9.78. The van der Waals surface area contributed by atoms with Gasteiger partial charge in [-0.25, -0.2) is 0 Å². The molecule has 1 fully saturated rings. The van der Waals surface area contributed by atoms with Crippen LogP contribution in [0.15, 0.2) is 53.2 Å². The van der Waals surface area contributed by atoms with Crippen molar-refractivity contribution >= 4 is 16.9 Å². The lowest BCUT2D eigenvalue weighted by molar-refractivity contribution is -0.265. The number of hydrogen-bond donors (Lipinski definition) is 2. The predicted molar refractivity (Wildman–Crippen MR) is 142 cm³/mol. The van der Waals surface area contributed by atoms with E-state index < -0.39 is 46.8 Å². The molecule has 2 aromatic heterocycles. The summed E-state index contributed by atoms with van der Waals surface area (Å²) in [7, 11) is 0. The Balaban J connectivity index is 1.55. The number of halogens is 3. The van der Waals surface area contributed by atoms with Crippen molar-refractivity contribution in [3.8, 4) is 17.1 Å². The highest BCUT2D eigenvalue weighted by atomic mass is 19.4. The van der Waals surface area contributed by atoms with E-state index in [2.05, 4.69) is 4.98 Å². The molecule has 212 valence electrons. The van der Waals surface area contributed by atoms with Crippen molar-refractivity contribution in [1.29, 1.82) is 0 Å². The van der Waals surface area contributed by atoms with E-state index in [4.69, 9.17) is 25.4 Å². The largest absolute Gasteiger partial charge is 0.489 e. The van der Waals surface area contributed by atoms with E-state index >= 15 is 0 Å². The van der Waals surface area contributed by atoms with Crippen LogP contribution in [0.5, 0.6) is 5.75 Å². The molecule has 1 aliphatic carbocycles. The van der Waals surface area contributed by atoms with Crippen LogP contribution >= 0.6 is 0 Å². The molecule has 3 aromatic rings. The van der Waals surface area contributed by atoms with Crippen LogP contribution in [-0.2, 0) is 9.53 Å². The van der Waals surface area contributed by atoms with E-state index in [0.29, 0.717) is 17.8 Å². The molecule has 0 saturated heterocycles. The van der Waals surface area contributed by atoms with Crippen LogP contribution < -0.4 is 16.2 Å². The third kappa shape index (κ3) is 5.77. The maximum atomic E-state index is 14.6. The van der Waals surface area contributed by atoms with Crippen molar-refractivity contribution in [2.75, 3.05) is 0 Å². The SMILES string of the molecule is CC(C)(N)CC(N)C(C)(C)C(=O)OC1CCC(Oc2ccc3cc(-c4cccnc4)oc3c2)C1(C)C(F)(F)F. The molecule has 4 unspecified atom stereocenters. The second kappa shape index (κ2) is 10.1. The molecule has 10 heteroatoms. The highest BCUT2D eigenvalue weighted by molar-refractivity contribution is 5.83. The predicted octanol–water partition coefficient (Wildman–Crippen LogP) is 6.00. The van der Waals surface area contributed by atoms with Gasteiger partial charge in [-0.2, -0.15) is 13.2 Å². The number of benzene rings is 1. The standard InChI is InChI=1S/C29H36F3N3O4/c1-26(2,34)15-22(33)27(3,4)25(36)39-24-11-10-23(28(24,5)29(30,31)32)37-19-9-8-17-13-20(38-21(17)14-19)18-7-6-12-35-16-18/h6-9,12-14,16,22-24H,10-11,15,33-34H2,1-5H3. The summed E-state index contributed by atoms with van der Waals surface area (Å²) < 4.78 is 61.1.